The van der Waals surface area contributed by atoms with Crippen molar-refractivity contribution in [2.75, 3.05) is 20.1 Å². The van der Waals surface area contributed by atoms with Crippen LogP contribution in [0.15, 0.2) is 24.5 Å². The van der Waals surface area contributed by atoms with Gasteiger partial charge in [-0.3, -0.25) is 19.4 Å². The van der Waals surface area contributed by atoms with E-state index in [4.69, 9.17) is 0 Å². The number of carboxylic acids is 1. The van der Waals surface area contributed by atoms with E-state index < -0.39 is 17.3 Å². The molecule has 0 bridgehead atoms. The molecule has 2 aliphatic heterocycles. The predicted octanol–water partition coefficient (Wildman–Crippen LogP) is 0.924. The summed E-state index contributed by atoms with van der Waals surface area (Å²) in [6, 6.07) is 3.29. The van der Waals surface area contributed by atoms with E-state index in [0.717, 1.165) is 5.56 Å². The van der Waals surface area contributed by atoms with Crippen molar-refractivity contribution in [1.29, 1.82) is 0 Å². The number of carboxylic acid groups (broad SMARTS) is 1. The Labute approximate surface area is 140 Å². The van der Waals surface area contributed by atoms with Gasteiger partial charge in [0, 0.05) is 39.0 Å². The van der Waals surface area contributed by atoms with Crippen LogP contribution in [0.25, 0.3) is 0 Å². The van der Waals surface area contributed by atoms with Crippen molar-refractivity contribution in [3.63, 3.8) is 0 Å². The van der Waals surface area contributed by atoms with Crippen molar-refractivity contribution in [2.24, 2.45) is 11.3 Å². The van der Waals surface area contributed by atoms with Crippen LogP contribution in [-0.2, 0) is 14.4 Å². The maximum Gasteiger partial charge on any atom is 0.311 e. The Hall–Kier alpha value is -2.44. The first-order valence-corrected chi connectivity index (χ1v) is 8.01. The fourth-order valence-corrected chi connectivity index (χ4v) is 3.66. The molecular weight excluding hydrogens is 310 g/mol. The number of aromatic nitrogens is 1. The molecule has 0 aliphatic carbocycles. The fourth-order valence-electron chi connectivity index (χ4n) is 3.66. The third-order valence-corrected chi connectivity index (χ3v) is 5.23. The van der Waals surface area contributed by atoms with E-state index >= 15 is 0 Å². The monoisotopic (exact) mass is 331 g/mol. The van der Waals surface area contributed by atoms with E-state index in [2.05, 4.69) is 4.98 Å². The molecular formula is C17H21N3O4. The largest absolute Gasteiger partial charge is 0.481 e. The van der Waals surface area contributed by atoms with Crippen molar-refractivity contribution in [3.05, 3.63) is 30.1 Å². The van der Waals surface area contributed by atoms with Gasteiger partial charge in [0.05, 0.1) is 17.4 Å². The first-order valence-electron chi connectivity index (χ1n) is 8.01. The zero-order valence-corrected chi connectivity index (χ0v) is 13.8. The van der Waals surface area contributed by atoms with Crippen LogP contribution in [0.1, 0.15) is 31.4 Å². The standard InChI is InChI=1S/C17H21N3O4/c1-17(16(23)24)5-7-20(10-17)15(22)12-8-13(21)19(2)14(12)11-4-3-6-18-9-11/h3-4,6,9,12,14H,5,7-8,10H2,1-2H3,(H,23,24). The Morgan fingerprint density at radius 3 is 2.75 bits per heavy atom. The lowest BCUT2D eigenvalue weighted by Gasteiger charge is -2.28. The number of hydrogen-bond donors (Lipinski definition) is 1. The molecule has 0 radical (unpaired) electrons. The van der Waals surface area contributed by atoms with Gasteiger partial charge in [0.2, 0.25) is 11.8 Å². The Balaban J connectivity index is 1.84. The molecule has 0 spiro atoms. The second kappa shape index (κ2) is 5.89. The Morgan fingerprint density at radius 2 is 2.17 bits per heavy atom. The number of rotatable bonds is 3. The minimum atomic E-state index is -0.909. The Kier molecular flexibility index (Phi) is 4.03. The zero-order chi connectivity index (χ0) is 17.5. The highest BCUT2D eigenvalue weighted by Gasteiger charge is 2.48. The lowest BCUT2D eigenvalue weighted by Crippen LogP contribution is -2.39. The number of pyridine rings is 1. The molecule has 0 saturated carbocycles. The van der Waals surface area contributed by atoms with Gasteiger partial charge >= 0.3 is 5.97 Å². The van der Waals surface area contributed by atoms with Crippen LogP contribution in [0.3, 0.4) is 0 Å². The summed E-state index contributed by atoms with van der Waals surface area (Å²) in [4.78, 5) is 43.8. The second-order valence-corrected chi connectivity index (χ2v) is 6.92. The third-order valence-electron chi connectivity index (χ3n) is 5.23. The molecule has 3 heterocycles. The summed E-state index contributed by atoms with van der Waals surface area (Å²) in [6.45, 7) is 2.26. The Morgan fingerprint density at radius 1 is 1.42 bits per heavy atom. The van der Waals surface area contributed by atoms with Gasteiger partial charge in [0.15, 0.2) is 0 Å². The molecule has 2 amide bonds. The molecule has 3 rings (SSSR count). The Bertz CT molecular complexity index is 678. The molecule has 3 atom stereocenters. The van der Waals surface area contributed by atoms with Gasteiger partial charge < -0.3 is 14.9 Å². The van der Waals surface area contributed by atoms with Crippen molar-refractivity contribution < 1.29 is 19.5 Å². The van der Waals surface area contributed by atoms with Gasteiger partial charge in [-0.15, -0.1) is 0 Å². The molecule has 2 fully saturated rings. The molecule has 7 nitrogen and oxygen atoms in total. The van der Waals surface area contributed by atoms with Crippen LogP contribution in [-0.4, -0.2) is 57.8 Å². The molecule has 0 aromatic carbocycles. The van der Waals surface area contributed by atoms with Gasteiger partial charge in [0.25, 0.3) is 0 Å². The molecule has 1 N–H and O–H groups in total. The van der Waals surface area contributed by atoms with E-state index in [0.29, 0.717) is 13.0 Å². The lowest BCUT2D eigenvalue weighted by atomic mass is 9.90. The molecule has 24 heavy (non-hydrogen) atoms. The molecule has 1 aromatic heterocycles. The predicted molar refractivity (Wildman–Crippen MR) is 84.8 cm³/mol. The normalized spacial score (nSPS) is 30.0. The molecule has 128 valence electrons. The SMILES string of the molecule is CN1C(=O)CC(C(=O)N2CCC(C)(C(=O)O)C2)C1c1cccnc1. The van der Waals surface area contributed by atoms with E-state index in [-0.39, 0.29) is 30.8 Å². The van der Waals surface area contributed by atoms with Crippen LogP contribution >= 0.6 is 0 Å². The number of carbonyl (C=O) groups excluding carboxylic acids is 2. The smallest absolute Gasteiger partial charge is 0.311 e. The van der Waals surface area contributed by atoms with E-state index in [1.807, 2.05) is 6.07 Å². The van der Waals surface area contributed by atoms with Crippen LogP contribution < -0.4 is 0 Å². The van der Waals surface area contributed by atoms with Gasteiger partial charge in [-0.1, -0.05) is 6.07 Å². The summed E-state index contributed by atoms with van der Waals surface area (Å²) in [5.41, 5.74) is -0.0852. The first kappa shape index (κ1) is 16.4. The van der Waals surface area contributed by atoms with Crippen LogP contribution in [0.5, 0.6) is 0 Å². The number of amides is 2. The highest BCUT2D eigenvalue weighted by Crippen LogP contribution is 2.40. The quantitative estimate of drug-likeness (QED) is 0.889. The van der Waals surface area contributed by atoms with E-state index in [9.17, 15) is 19.5 Å². The summed E-state index contributed by atoms with van der Waals surface area (Å²) in [5, 5.41) is 9.34. The minimum Gasteiger partial charge on any atom is -0.481 e. The number of hydrogen-bond acceptors (Lipinski definition) is 4. The average Bonchev–Trinajstić information content (AvgIpc) is 3.10. The number of nitrogens with zero attached hydrogens (tertiary/aromatic N) is 3. The maximum atomic E-state index is 13.0. The van der Waals surface area contributed by atoms with Crippen LogP contribution in [0.4, 0.5) is 0 Å². The van der Waals surface area contributed by atoms with E-state index in [1.54, 1.807) is 42.2 Å². The van der Waals surface area contributed by atoms with Crippen molar-refractivity contribution in [1.82, 2.24) is 14.8 Å². The molecule has 1 aromatic rings. The molecule has 7 heteroatoms. The van der Waals surface area contributed by atoms with Crippen molar-refractivity contribution in [2.45, 2.75) is 25.8 Å². The summed E-state index contributed by atoms with van der Waals surface area (Å²) in [7, 11) is 1.69. The highest BCUT2D eigenvalue weighted by atomic mass is 16.4. The number of likely N-dealkylation sites (tertiary alicyclic amines) is 2. The number of carbonyl (C=O) groups is 3. The zero-order valence-electron chi connectivity index (χ0n) is 13.8. The minimum absolute atomic E-state index is 0.0811. The summed E-state index contributed by atoms with van der Waals surface area (Å²) < 4.78 is 0. The fraction of sp³-hybridized carbons (Fsp3) is 0.529. The van der Waals surface area contributed by atoms with Gasteiger partial charge in [-0.2, -0.15) is 0 Å². The van der Waals surface area contributed by atoms with E-state index in [1.165, 1.54) is 0 Å². The van der Waals surface area contributed by atoms with Gasteiger partial charge in [-0.25, -0.2) is 0 Å². The summed E-state index contributed by atoms with van der Waals surface area (Å²) in [6.07, 6.45) is 3.90. The van der Waals surface area contributed by atoms with Crippen molar-refractivity contribution >= 4 is 17.8 Å². The van der Waals surface area contributed by atoms with Crippen LogP contribution in [0, 0.1) is 11.3 Å². The second-order valence-electron chi connectivity index (χ2n) is 6.92. The maximum absolute atomic E-state index is 13.0. The van der Waals surface area contributed by atoms with Crippen molar-refractivity contribution in [3.8, 4) is 0 Å². The molecule has 2 aliphatic rings. The third kappa shape index (κ3) is 2.64. The van der Waals surface area contributed by atoms with Gasteiger partial charge in [-0.05, 0) is 25.0 Å². The molecule has 3 unspecified atom stereocenters. The highest BCUT2D eigenvalue weighted by molar-refractivity contribution is 5.91. The average molecular weight is 331 g/mol. The van der Waals surface area contributed by atoms with Crippen LogP contribution in [0.2, 0.25) is 0 Å². The lowest BCUT2D eigenvalue weighted by molar-refractivity contribution is -0.147. The summed E-state index contributed by atoms with van der Waals surface area (Å²) >= 11 is 0. The number of aliphatic carboxylic acids is 1. The molecule has 2 saturated heterocycles. The van der Waals surface area contributed by atoms with Gasteiger partial charge in [0.1, 0.15) is 0 Å². The topological polar surface area (TPSA) is 90.8 Å². The first-order chi connectivity index (χ1) is 11.3. The summed E-state index contributed by atoms with van der Waals surface area (Å²) in [5.74, 6) is -1.61.